The molecule has 2 heterocycles. The molecule has 1 amide bonds. The molecule has 1 fully saturated rings. The number of hydrogen-bond donors (Lipinski definition) is 1. The Morgan fingerprint density at radius 2 is 2.00 bits per heavy atom. The fraction of sp³-hybridized carbons (Fsp3) is 0.333. The van der Waals surface area contributed by atoms with Gasteiger partial charge in [0.1, 0.15) is 24.3 Å². The van der Waals surface area contributed by atoms with E-state index in [-0.39, 0.29) is 10.6 Å². The van der Waals surface area contributed by atoms with E-state index in [2.05, 4.69) is 15.3 Å². The summed E-state index contributed by atoms with van der Waals surface area (Å²) >= 11 is 5.80. The molecule has 1 aromatic heterocycles. The Kier molecular flexibility index (Phi) is 7.25. The third kappa shape index (κ3) is 5.69. The minimum absolute atomic E-state index is 0.113. The van der Waals surface area contributed by atoms with Crippen LogP contribution in [0.2, 0.25) is 5.02 Å². The zero-order valence-electron chi connectivity index (χ0n) is 18.2. The number of rotatable bonds is 7. The van der Waals surface area contributed by atoms with Crippen LogP contribution in [0.5, 0.6) is 5.75 Å². The van der Waals surface area contributed by atoms with Crippen LogP contribution >= 0.6 is 11.6 Å². The lowest BCUT2D eigenvalue weighted by Crippen LogP contribution is -2.37. The molecule has 174 valence electrons. The molecule has 2 aromatic carbocycles. The number of benzene rings is 2. The quantitative estimate of drug-likeness (QED) is 0.526. The van der Waals surface area contributed by atoms with Gasteiger partial charge in [-0.3, -0.25) is 14.4 Å². The lowest BCUT2D eigenvalue weighted by Gasteiger charge is -2.28. The van der Waals surface area contributed by atoms with E-state index in [1.54, 1.807) is 23.0 Å². The molecule has 3 aromatic rings. The number of amides is 1. The highest BCUT2D eigenvalue weighted by atomic mass is 35.5. The van der Waals surface area contributed by atoms with Gasteiger partial charge in [-0.05, 0) is 55.3 Å². The van der Waals surface area contributed by atoms with E-state index in [1.165, 1.54) is 12.1 Å². The fourth-order valence-electron chi connectivity index (χ4n) is 3.82. The first-order valence-corrected chi connectivity index (χ1v) is 11.2. The van der Waals surface area contributed by atoms with Gasteiger partial charge < -0.3 is 10.1 Å². The standard InChI is InChI=1S/C24H25ClF2N4O2/c1-30-22(6-9-28-30)19-15-18(29-24(32)16-2-4-21(27)20(25)14-16)3-5-23(19)33-13-12-31-10-7-17(26)8-11-31/h2-6,9,14-15,17H,7-8,10-13H2,1H3,(H,29,32). The van der Waals surface area contributed by atoms with Crippen molar-refractivity contribution in [2.75, 3.05) is 31.6 Å². The number of anilines is 1. The van der Waals surface area contributed by atoms with Crippen molar-refractivity contribution in [3.63, 3.8) is 0 Å². The van der Waals surface area contributed by atoms with E-state index in [1.807, 2.05) is 19.2 Å². The van der Waals surface area contributed by atoms with Crippen molar-refractivity contribution in [3.8, 4) is 17.0 Å². The highest BCUT2D eigenvalue weighted by Crippen LogP contribution is 2.33. The second kappa shape index (κ2) is 10.3. The molecule has 0 bridgehead atoms. The summed E-state index contributed by atoms with van der Waals surface area (Å²) in [6, 6.07) is 11.0. The summed E-state index contributed by atoms with van der Waals surface area (Å²) in [4.78, 5) is 14.8. The van der Waals surface area contributed by atoms with Crippen LogP contribution in [0.15, 0.2) is 48.7 Å². The molecule has 1 aliphatic heterocycles. The molecule has 1 N–H and O–H groups in total. The number of carbonyl (C=O) groups is 1. The summed E-state index contributed by atoms with van der Waals surface area (Å²) < 4.78 is 34.6. The number of piperidine rings is 1. The molecule has 0 radical (unpaired) electrons. The molecule has 6 nitrogen and oxygen atoms in total. The van der Waals surface area contributed by atoms with Crippen LogP contribution in [0.1, 0.15) is 23.2 Å². The van der Waals surface area contributed by atoms with E-state index in [0.29, 0.717) is 37.4 Å². The van der Waals surface area contributed by atoms with E-state index in [9.17, 15) is 13.6 Å². The Bertz CT molecular complexity index is 1130. The topological polar surface area (TPSA) is 59.4 Å². The van der Waals surface area contributed by atoms with Gasteiger partial charge in [0.05, 0.1) is 10.7 Å². The predicted octanol–water partition coefficient (Wildman–Crippen LogP) is 4.94. The molecule has 33 heavy (non-hydrogen) atoms. The lowest BCUT2D eigenvalue weighted by atomic mass is 10.1. The summed E-state index contributed by atoms with van der Waals surface area (Å²) in [6.45, 7) is 2.64. The van der Waals surface area contributed by atoms with Gasteiger partial charge in [0, 0.05) is 49.7 Å². The summed E-state index contributed by atoms with van der Waals surface area (Å²) in [6.07, 6.45) is 2.11. The van der Waals surface area contributed by atoms with Crippen molar-refractivity contribution < 1.29 is 18.3 Å². The zero-order chi connectivity index (χ0) is 23.4. The first-order chi connectivity index (χ1) is 15.9. The smallest absolute Gasteiger partial charge is 0.255 e. The van der Waals surface area contributed by atoms with E-state index in [0.717, 1.165) is 30.4 Å². The molecule has 0 unspecified atom stereocenters. The Hall–Kier alpha value is -2.97. The second-order valence-corrected chi connectivity index (χ2v) is 8.41. The number of aryl methyl sites for hydroxylation is 1. The van der Waals surface area contributed by atoms with Crippen LogP contribution < -0.4 is 10.1 Å². The third-order valence-electron chi connectivity index (χ3n) is 5.70. The van der Waals surface area contributed by atoms with Crippen molar-refractivity contribution in [1.82, 2.24) is 14.7 Å². The lowest BCUT2D eigenvalue weighted by molar-refractivity contribution is 0.102. The Morgan fingerprint density at radius 1 is 1.21 bits per heavy atom. The number of nitrogens with zero attached hydrogens (tertiary/aromatic N) is 3. The summed E-state index contributed by atoms with van der Waals surface area (Å²) in [5.74, 6) is -0.332. The number of nitrogens with one attached hydrogen (secondary N) is 1. The molecular formula is C24H25ClF2N4O2. The van der Waals surface area contributed by atoms with Crippen LogP contribution in [-0.2, 0) is 7.05 Å². The number of carbonyl (C=O) groups excluding carboxylic acids is 1. The Balaban J connectivity index is 1.49. The van der Waals surface area contributed by atoms with Crippen molar-refractivity contribution in [2.45, 2.75) is 19.0 Å². The number of hydrogen-bond acceptors (Lipinski definition) is 4. The third-order valence-corrected chi connectivity index (χ3v) is 5.99. The Morgan fingerprint density at radius 3 is 2.70 bits per heavy atom. The van der Waals surface area contributed by atoms with Crippen LogP contribution in [0.25, 0.3) is 11.3 Å². The highest BCUT2D eigenvalue weighted by Gasteiger charge is 2.19. The van der Waals surface area contributed by atoms with Gasteiger partial charge >= 0.3 is 0 Å². The van der Waals surface area contributed by atoms with Gasteiger partial charge in [0.2, 0.25) is 0 Å². The van der Waals surface area contributed by atoms with E-state index < -0.39 is 17.9 Å². The van der Waals surface area contributed by atoms with Crippen LogP contribution in [0.3, 0.4) is 0 Å². The maximum atomic E-state index is 13.4. The van der Waals surface area contributed by atoms with E-state index >= 15 is 0 Å². The summed E-state index contributed by atoms with van der Waals surface area (Å²) in [5.41, 5.74) is 2.39. The summed E-state index contributed by atoms with van der Waals surface area (Å²) in [5, 5.41) is 6.93. The number of aromatic nitrogens is 2. The maximum absolute atomic E-state index is 13.4. The average molecular weight is 475 g/mol. The van der Waals surface area contributed by atoms with Gasteiger partial charge in [-0.1, -0.05) is 11.6 Å². The first-order valence-electron chi connectivity index (χ1n) is 10.8. The zero-order valence-corrected chi connectivity index (χ0v) is 19.0. The van der Waals surface area contributed by atoms with E-state index in [4.69, 9.17) is 16.3 Å². The highest BCUT2D eigenvalue weighted by molar-refractivity contribution is 6.31. The van der Waals surface area contributed by atoms with Gasteiger partial charge in [-0.25, -0.2) is 8.78 Å². The van der Waals surface area contributed by atoms with Gasteiger partial charge in [-0.2, -0.15) is 5.10 Å². The Labute approximate surface area is 196 Å². The predicted molar refractivity (Wildman–Crippen MR) is 124 cm³/mol. The molecule has 1 saturated heterocycles. The van der Waals surface area contributed by atoms with Crippen molar-refractivity contribution >= 4 is 23.2 Å². The molecule has 9 heteroatoms. The fourth-order valence-corrected chi connectivity index (χ4v) is 4.00. The summed E-state index contributed by atoms with van der Waals surface area (Å²) in [7, 11) is 1.83. The number of halogens is 3. The molecule has 0 saturated carbocycles. The molecular weight excluding hydrogens is 450 g/mol. The second-order valence-electron chi connectivity index (χ2n) is 8.00. The maximum Gasteiger partial charge on any atom is 0.255 e. The van der Waals surface area contributed by atoms with Gasteiger partial charge in [0.25, 0.3) is 5.91 Å². The number of alkyl halides is 1. The number of likely N-dealkylation sites (tertiary alicyclic amines) is 1. The minimum atomic E-state index is -0.702. The normalized spacial score (nSPS) is 14.9. The SMILES string of the molecule is Cn1nccc1-c1cc(NC(=O)c2ccc(F)c(Cl)c2)ccc1OCCN1CCC(F)CC1. The van der Waals surface area contributed by atoms with Crippen molar-refractivity contribution in [1.29, 1.82) is 0 Å². The molecule has 0 atom stereocenters. The molecule has 0 spiro atoms. The molecule has 4 rings (SSSR count). The van der Waals surface area contributed by atoms with Crippen LogP contribution in [-0.4, -0.2) is 53.0 Å². The minimum Gasteiger partial charge on any atom is -0.492 e. The monoisotopic (exact) mass is 474 g/mol. The van der Waals surface area contributed by atoms with Crippen molar-refractivity contribution in [2.24, 2.45) is 7.05 Å². The molecule has 1 aliphatic rings. The van der Waals surface area contributed by atoms with Crippen LogP contribution in [0.4, 0.5) is 14.5 Å². The van der Waals surface area contributed by atoms with Crippen LogP contribution in [0, 0.1) is 5.82 Å². The molecule has 0 aliphatic carbocycles. The number of ether oxygens (including phenoxy) is 1. The van der Waals surface area contributed by atoms with Gasteiger partial charge in [0.15, 0.2) is 0 Å². The average Bonchev–Trinajstić information content (AvgIpc) is 3.23. The largest absolute Gasteiger partial charge is 0.492 e. The van der Waals surface area contributed by atoms with Gasteiger partial charge in [-0.15, -0.1) is 0 Å². The first kappa shape index (κ1) is 23.2. The van der Waals surface area contributed by atoms with Crippen molar-refractivity contribution in [3.05, 3.63) is 65.1 Å².